The SMILES string of the molecule is Cc1ccc(-c2ccc(CBr)cn2)nc1. The fourth-order valence-corrected chi connectivity index (χ4v) is 1.61. The van der Waals surface area contributed by atoms with E-state index in [-0.39, 0.29) is 0 Å². The third-order valence-corrected chi connectivity index (χ3v) is 2.80. The summed E-state index contributed by atoms with van der Waals surface area (Å²) in [5.74, 6) is 0. The molecule has 0 aliphatic carbocycles. The van der Waals surface area contributed by atoms with Gasteiger partial charge < -0.3 is 0 Å². The van der Waals surface area contributed by atoms with Crippen molar-refractivity contribution in [3.05, 3.63) is 47.8 Å². The van der Waals surface area contributed by atoms with E-state index in [0.717, 1.165) is 22.3 Å². The smallest absolute Gasteiger partial charge is 0.0886 e. The first-order valence-electron chi connectivity index (χ1n) is 4.73. The van der Waals surface area contributed by atoms with Crippen molar-refractivity contribution in [1.29, 1.82) is 0 Å². The van der Waals surface area contributed by atoms with Gasteiger partial charge in [-0.3, -0.25) is 9.97 Å². The molecule has 0 N–H and O–H groups in total. The second-order valence-corrected chi connectivity index (χ2v) is 3.97. The van der Waals surface area contributed by atoms with E-state index in [0.29, 0.717) is 0 Å². The standard InChI is InChI=1S/C12H11BrN2/c1-9-2-4-11(14-7-9)12-5-3-10(6-13)8-15-12/h2-5,7-8H,6H2,1H3. The van der Waals surface area contributed by atoms with E-state index in [9.17, 15) is 0 Å². The Morgan fingerprint density at radius 3 is 2.13 bits per heavy atom. The summed E-state index contributed by atoms with van der Waals surface area (Å²) in [4.78, 5) is 8.69. The topological polar surface area (TPSA) is 25.8 Å². The number of hydrogen-bond donors (Lipinski definition) is 0. The third-order valence-electron chi connectivity index (χ3n) is 2.15. The number of hydrogen-bond acceptors (Lipinski definition) is 2. The van der Waals surface area contributed by atoms with E-state index in [2.05, 4.69) is 32.0 Å². The first-order valence-corrected chi connectivity index (χ1v) is 5.85. The predicted octanol–water partition coefficient (Wildman–Crippen LogP) is 3.35. The van der Waals surface area contributed by atoms with Crippen LogP contribution < -0.4 is 0 Å². The first-order chi connectivity index (χ1) is 7.29. The lowest BCUT2D eigenvalue weighted by Crippen LogP contribution is -1.88. The Kier molecular flexibility index (Phi) is 3.11. The van der Waals surface area contributed by atoms with E-state index >= 15 is 0 Å². The molecule has 2 aromatic heterocycles. The Bertz CT molecular complexity index is 434. The molecule has 0 unspecified atom stereocenters. The summed E-state index contributed by atoms with van der Waals surface area (Å²) in [6, 6.07) is 8.08. The third kappa shape index (κ3) is 2.42. The number of pyridine rings is 2. The first kappa shape index (κ1) is 10.3. The minimum Gasteiger partial charge on any atom is -0.254 e. The van der Waals surface area contributed by atoms with Crippen molar-refractivity contribution >= 4 is 15.9 Å². The van der Waals surface area contributed by atoms with Crippen molar-refractivity contribution in [2.24, 2.45) is 0 Å². The number of alkyl halides is 1. The maximum absolute atomic E-state index is 4.36. The van der Waals surface area contributed by atoms with Crippen molar-refractivity contribution in [1.82, 2.24) is 9.97 Å². The molecular weight excluding hydrogens is 252 g/mol. The maximum Gasteiger partial charge on any atom is 0.0886 e. The average molecular weight is 263 g/mol. The van der Waals surface area contributed by atoms with Crippen LogP contribution in [0.4, 0.5) is 0 Å². The highest BCUT2D eigenvalue weighted by Gasteiger charge is 1.99. The zero-order valence-corrected chi connectivity index (χ0v) is 10.0. The molecule has 2 rings (SSSR count). The molecule has 3 heteroatoms. The van der Waals surface area contributed by atoms with Crippen LogP contribution in [0.3, 0.4) is 0 Å². The molecule has 0 saturated carbocycles. The molecule has 2 nitrogen and oxygen atoms in total. The van der Waals surface area contributed by atoms with Gasteiger partial charge in [0.1, 0.15) is 0 Å². The molecule has 0 aliphatic rings. The van der Waals surface area contributed by atoms with Gasteiger partial charge in [-0.05, 0) is 30.2 Å². The van der Waals surface area contributed by atoms with E-state index < -0.39 is 0 Å². The second kappa shape index (κ2) is 4.53. The van der Waals surface area contributed by atoms with Crippen LogP contribution >= 0.6 is 15.9 Å². The van der Waals surface area contributed by atoms with E-state index in [4.69, 9.17) is 0 Å². The Balaban J connectivity index is 2.33. The number of aromatic nitrogens is 2. The minimum atomic E-state index is 0.835. The Morgan fingerprint density at radius 1 is 1.00 bits per heavy atom. The normalized spacial score (nSPS) is 10.3. The van der Waals surface area contributed by atoms with Crippen LogP contribution in [0.2, 0.25) is 0 Å². The zero-order chi connectivity index (χ0) is 10.7. The molecule has 0 atom stereocenters. The fourth-order valence-electron chi connectivity index (χ4n) is 1.27. The van der Waals surface area contributed by atoms with Gasteiger partial charge in [0.15, 0.2) is 0 Å². The molecule has 15 heavy (non-hydrogen) atoms. The van der Waals surface area contributed by atoms with Gasteiger partial charge in [0.05, 0.1) is 11.4 Å². The van der Waals surface area contributed by atoms with Crippen LogP contribution in [-0.4, -0.2) is 9.97 Å². The van der Waals surface area contributed by atoms with Gasteiger partial charge in [-0.1, -0.05) is 28.1 Å². The summed E-state index contributed by atoms with van der Waals surface area (Å²) in [5.41, 5.74) is 4.17. The van der Waals surface area contributed by atoms with E-state index in [1.807, 2.05) is 37.5 Å². The molecule has 0 saturated heterocycles. The molecule has 0 aliphatic heterocycles. The van der Waals surface area contributed by atoms with Crippen LogP contribution in [0.25, 0.3) is 11.4 Å². The van der Waals surface area contributed by atoms with Gasteiger partial charge in [-0.2, -0.15) is 0 Å². The molecule has 0 aromatic carbocycles. The molecule has 0 radical (unpaired) electrons. The molecule has 2 aromatic rings. The van der Waals surface area contributed by atoms with Gasteiger partial charge in [0.25, 0.3) is 0 Å². The van der Waals surface area contributed by atoms with Crippen molar-refractivity contribution < 1.29 is 0 Å². The minimum absolute atomic E-state index is 0.835. The predicted molar refractivity (Wildman–Crippen MR) is 64.8 cm³/mol. The summed E-state index contributed by atoms with van der Waals surface area (Å²) in [5, 5.41) is 0.835. The summed E-state index contributed by atoms with van der Waals surface area (Å²) in [7, 11) is 0. The highest BCUT2D eigenvalue weighted by atomic mass is 79.9. The Labute approximate surface area is 97.5 Å². The zero-order valence-electron chi connectivity index (χ0n) is 8.44. The fraction of sp³-hybridized carbons (Fsp3) is 0.167. The Morgan fingerprint density at radius 2 is 1.67 bits per heavy atom. The number of nitrogens with zero attached hydrogens (tertiary/aromatic N) is 2. The number of aryl methyl sites for hydroxylation is 1. The van der Waals surface area contributed by atoms with Gasteiger partial charge in [0, 0.05) is 17.7 Å². The van der Waals surface area contributed by atoms with Gasteiger partial charge in [-0.15, -0.1) is 0 Å². The van der Waals surface area contributed by atoms with Crippen molar-refractivity contribution in [2.75, 3.05) is 0 Å². The van der Waals surface area contributed by atoms with Crippen molar-refractivity contribution in [3.63, 3.8) is 0 Å². The molecule has 0 amide bonds. The summed E-state index contributed by atoms with van der Waals surface area (Å²) < 4.78 is 0. The number of rotatable bonds is 2. The van der Waals surface area contributed by atoms with E-state index in [1.165, 1.54) is 5.56 Å². The highest BCUT2D eigenvalue weighted by Crippen LogP contribution is 2.15. The van der Waals surface area contributed by atoms with Crippen molar-refractivity contribution in [3.8, 4) is 11.4 Å². The van der Waals surface area contributed by atoms with E-state index in [1.54, 1.807) is 0 Å². The molecule has 2 heterocycles. The van der Waals surface area contributed by atoms with Gasteiger partial charge >= 0.3 is 0 Å². The summed E-state index contributed by atoms with van der Waals surface area (Å²) in [6.45, 7) is 2.03. The molecular formula is C12H11BrN2. The van der Waals surface area contributed by atoms with Crippen molar-refractivity contribution in [2.45, 2.75) is 12.3 Å². The molecule has 0 spiro atoms. The monoisotopic (exact) mass is 262 g/mol. The quantitative estimate of drug-likeness (QED) is 0.776. The van der Waals surface area contributed by atoms with Crippen LogP contribution in [0, 0.1) is 6.92 Å². The maximum atomic E-state index is 4.36. The number of halogens is 1. The highest BCUT2D eigenvalue weighted by molar-refractivity contribution is 9.08. The molecule has 76 valence electrons. The lowest BCUT2D eigenvalue weighted by Gasteiger charge is -2.01. The summed E-state index contributed by atoms with van der Waals surface area (Å²) in [6.07, 6.45) is 3.72. The van der Waals surface area contributed by atoms with Gasteiger partial charge in [0.2, 0.25) is 0 Å². The van der Waals surface area contributed by atoms with Crippen LogP contribution in [0.1, 0.15) is 11.1 Å². The van der Waals surface area contributed by atoms with Gasteiger partial charge in [-0.25, -0.2) is 0 Å². The largest absolute Gasteiger partial charge is 0.254 e. The average Bonchev–Trinajstić information content (AvgIpc) is 2.30. The molecule has 0 fully saturated rings. The van der Waals surface area contributed by atoms with Crippen LogP contribution in [-0.2, 0) is 5.33 Å². The molecule has 0 bridgehead atoms. The lowest BCUT2D eigenvalue weighted by atomic mass is 10.2. The van der Waals surface area contributed by atoms with Crippen LogP contribution in [0.15, 0.2) is 36.7 Å². The Hall–Kier alpha value is -1.22. The lowest BCUT2D eigenvalue weighted by molar-refractivity contribution is 1.20. The van der Waals surface area contributed by atoms with Crippen LogP contribution in [0.5, 0.6) is 0 Å². The summed E-state index contributed by atoms with van der Waals surface area (Å²) >= 11 is 3.39. The second-order valence-electron chi connectivity index (χ2n) is 3.41.